The third-order valence-electron chi connectivity index (χ3n) is 10.5. The average molecular weight is 705 g/mol. The molecule has 3 nitrogen and oxygen atoms in total. The molecule has 0 aliphatic carbocycles. The summed E-state index contributed by atoms with van der Waals surface area (Å²) in [6.45, 7) is 0. The maximum absolute atomic E-state index is 6.52. The molecule has 0 bridgehead atoms. The maximum atomic E-state index is 6.52. The van der Waals surface area contributed by atoms with Crippen molar-refractivity contribution in [2.24, 2.45) is 0 Å². The molecule has 0 N–H and O–H groups in total. The van der Waals surface area contributed by atoms with Gasteiger partial charge in [0.2, 0.25) is 0 Å². The molecular weight excluding hydrogens is 669 g/mol. The number of anilines is 6. The average Bonchev–Trinajstić information content (AvgIpc) is 3.65. The first-order valence-electron chi connectivity index (χ1n) is 18.7. The van der Waals surface area contributed by atoms with Gasteiger partial charge in [0.25, 0.3) is 0 Å². The second-order valence-electron chi connectivity index (χ2n) is 13.7. The molecule has 260 valence electrons. The minimum atomic E-state index is 0.871. The van der Waals surface area contributed by atoms with Crippen molar-refractivity contribution < 1.29 is 4.42 Å². The Kier molecular flexibility index (Phi) is 8.16. The standard InChI is InChI=1S/C52H36N2O/c1-4-15-37(16-5-1)38-27-31-42(32-28-38)53(40-17-6-2-7-18-40)49-36-35-44(45-21-10-11-22-46(45)49)39-29-33-43(34-30-39)54(41-19-8-3-9-20-41)50-25-14-24-48-47-23-12-13-26-51(47)55-52(48)50/h1-36H. The predicted molar refractivity (Wildman–Crippen MR) is 231 cm³/mol. The Morgan fingerprint density at radius 2 is 0.745 bits per heavy atom. The molecule has 0 saturated carbocycles. The van der Waals surface area contributed by atoms with Crippen LogP contribution in [0.1, 0.15) is 0 Å². The van der Waals surface area contributed by atoms with Crippen LogP contribution in [-0.2, 0) is 0 Å². The highest BCUT2D eigenvalue weighted by molar-refractivity contribution is 6.10. The summed E-state index contributed by atoms with van der Waals surface area (Å²) < 4.78 is 6.52. The minimum absolute atomic E-state index is 0.871. The lowest BCUT2D eigenvalue weighted by Gasteiger charge is -2.28. The molecule has 0 aliphatic rings. The zero-order chi connectivity index (χ0) is 36.6. The van der Waals surface area contributed by atoms with Crippen LogP contribution in [0, 0.1) is 0 Å². The van der Waals surface area contributed by atoms with Gasteiger partial charge < -0.3 is 14.2 Å². The van der Waals surface area contributed by atoms with Crippen LogP contribution >= 0.6 is 0 Å². The summed E-state index contributed by atoms with van der Waals surface area (Å²) in [5.41, 5.74) is 13.0. The van der Waals surface area contributed by atoms with Crippen molar-refractivity contribution in [1.82, 2.24) is 0 Å². The second-order valence-corrected chi connectivity index (χ2v) is 13.7. The van der Waals surface area contributed by atoms with E-state index in [1.807, 2.05) is 12.1 Å². The van der Waals surface area contributed by atoms with Gasteiger partial charge in [-0.05, 0) is 94.4 Å². The Bertz CT molecular complexity index is 2900. The first kappa shape index (κ1) is 32.3. The molecule has 9 aromatic carbocycles. The Balaban J connectivity index is 1.06. The number of fused-ring (bicyclic) bond motifs is 4. The molecule has 0 unspecified atom stereocenters. The summed E-state index contributed by atoms with van der Waals surface area (Å²) in [4.78, 5) is 4.65. The van der Waals surface area contributed by atoms with Gasteiger partial charge in [0.05, 0.1) is 11.4 Å². The van der Waals surface area contributed by atoms with Gasteiger partial charge in [-0.15, -0.1) is 0 Å². The van der Waals surface area contributed by atoms with E-state index in [1.165, 1.54) is 27.5 Å². The van der Waals surface area contributed by atoms with E-state index >= 15 is 0 Å². The van der Waals surface area contributed by atoms with Crippen LogP contribution in [0.5, 0.6) is 0 Å². The third kappa shape index (κ3) is 5.89. The van der Waals surface area contributed by atoms with Crippen LogP contribution in [0.2, 0.25) is 0 Å². The fraction of sp³-hybridized carbons (Fsp3) is 0. The lowest BCUT2D eigenvalue weighted by molar-refractivity contribution is 0.669. The molecule has 3 heteroatoms. The van der Waals surface area contributed by atoms with Gasteiger partial charge >= 0.3 is 0 Å². The van der Waals surface area contributed by atoms with Gasteiger partial charge in [0.1, 0.15) is 5.58 Å². The Morgan fingerprint density at radius 3 is 1.40 bits per heavy atom. The van der Waals surface area contributed by atoms with E-state index in [9.17, 15) is 0 Å². The molecule has 1 heterocycles. The molecule has 0 radical (unpaired) electrons. The molecule has 0 amide bonds. The number of furan rings is 1. The molecule has 1 aromatic heterocycles. The molecule has 10 rings (SSSR count). The molecule has 0 aliphatic heterocycles. The fourth-order valence-corrected chi connectivity index (χ4v) is 7.87. The van der Waals surface area contributed by atoms with Crippen molar-refractivity contribution in [2.45, 2.75) is 0 Å². The number of nitrogens with zero attached hydrogens (tertiary/aromatic N) is 2. The van der Waals surface area contributed by atoms with Crippen molar-refractivity contribution in [1.29, 1.82) is 0 Å². The largest absolute Gasteiger partial charge is 0.454 e. The number of rotatable bonds is 8. The molecule has 0 atom stereocenters. The summed E-state index contributed by atoms with van der Waals surface area (Å²) >= 11 is 0. The summed E-state index contributed by atoms with van der Waals surface area (Å²) in [6, 6.07) is 77.4. The third-order valence-corrected chi connectivity index (χ3v) is 10.5. The first-order valence-corrected chi connectivity index (χ1v) is 18.7. The predicted octanol–water partition coefficient (Wildman–Crippen LogP) is 15.0. The number of benzene rings is 9. The topological polar surface area (TPSA) is 19.6 Å². The van der Waals surface area contributed by atoms with Crippen molar-refractivity contribution in [3.05, 3.63) is 218 Å². The van der Waals surface area contributed by atoms with Crippen molar-refractivity contribution in [3.8, 4) is 22.3 Å². The molecule has 0 saturated heterocycles. The molecule has 0 fully saturated rings. The van der Waals surface area contributed by atoms with Gasteiger partial charge in [-0.3, -0.25) is 0 Å². The van der Waals surface area contributed by atoms with Crippen molar-refractivity contribution in [3.63, 3.8) is 0 Å². The van der Waals surface area contributed by atoms with Gasteiger partial charge in [0, 0.05) is 38.9 Å². The second kappa shape index (κ2) is 13.9. The number of hydrogen-bond acceptors (Lipinski definition) is 3. The molecule has 55 heavy (non-hydrogen) atoms. The van der Waals surface area contributed by atoms with E-state index in [0.29, 0.717) is 0 Å². The molecular formula is C52H36N2O. The zero-order valence-electron chi connectivity index (χ0n) is 30.1. The summed E-state index contributed by atoms with van der Waals surface area (Å²) in [7, 11) is 0. The lowest BCUT2D eigenvalue weighted by Crippen LogP contribution is -2.10. The summed E-state index contributed by atoms with van der Waals surface area (Å²) in [6.07, 6.45) is 0. The van der Waals surface area contributed by atoms with Crippen LogP contribution < -0.4 is 9.80 Å². The highest BCUT2D eigenvalue weighted by atomic mass is 16.3. The van der Waals surface area contributed by atoms with Crippen LogP contribution in [0.15, 0.2) is 223 Å². The minimum Gasteiger partial charge on any atom is -0.454 e. The fourth-order valence-electron chi connectivity index (χ4n) is 7.87. The zero-order valence-corrected chi connectivity index (χ0v) is 30.1. The molecule has 0 spiro atoms. The van der Waals surface area contributed by atoms with E-state index < -0.39 is 0 Å². The maximum Gasteiger partial charge on any atom is 0.159 e. The quantitative estimate of drug-likeness (QED) is 0.157. The highest BCUT2D eigenvalue weighted by Crippen LogP contribution is 2.45. The van der Waals surface area contributed by atoms with Crippen LogP contribution in [0.4, 0.5) is 34.1 Å². The van der Waals surface area contributed by atoms with E-state index in [1.54, 1.807) is 0 Å². The van der Waals surface area contributed by atoms with Crippen LogP contribution in [-0.4, -0.2) is 0 Å². The smallest absolute Gasteiger partial charge is 0.159 e. The van der Waals surface area contributed by atoms with Gasteiger partial charge in [0.15, 0.2) is 5.58 Å². The van der Waals surface area contributed by atoms with E-state index in [0.717, 1.165) is 61.6 Å². The van der Waals surface area contributed by atoms with Crippen molar-refractivity contribution >= 4 is 66.8 Å². The summed E-state index contributed by atoms with van der Waals surface area (Å²) in [5, 5.41) is 4.60. The monoisotopic (exact) mass is 704 g/mol. The van der Waals surface area contributed by atoms with Gasteiger partial charge in [-0.25, -0.2) is 0 Å². The van der Waals surface area contributed by atoms with E-state index in [2.05, 4.69) is 216 Å². The Morgan fingerprint density at radius 1 is 0.273 bits per heavy atom. The Labute approximate surface area is 320 Å². The normalized spacial score (nSPS) is 11.3. The van der Waals surface area contributed by atoms with E-state index in [4.69, 9.17) is 4.42 Å². The molecule has 10 aromatic rings. The Hall–Kier alpha value is -7.36. The van der Waals surface area contributed by atoms with Crippen LogP contribution in [0.3, 0.4) is 0 Å². The highest BCUT2D eigenvalue weighted by Gasteiger charge is 2.21. The van der Waals surface area contributed by atoms with E-state index in [-0.39, 0.29) is 0 Å². The lowest BCUT2D eigenvalue weighted by atomic mass is 9.96. The first-order chi connectivity index (χ1) is 27.3. The van der Waals surface area contributed by atoms with Gasteiger partial charge in [-0.2, -0.15) is 0 Å². The van der Waals surface area contributed by atoms with Gasteiger partial charge in [-0.1, -0.05) is 152 Å². The summed E-state index contributed by atoms with van der Waals surface area (Å²) in [5.74, 6) is 0. The van der Waals surface area contributed by atoms with Crippen LogP contribution in [0.25, 0.3) is 55.0 Å². The SMILES string of the molecule is c1ccc(-c2ccc(N(c3ccccc3)c3ccc(-c4ccc(N(c5ccccc5)c5cccc6c5oc5ccccc56)cc4)c4ccccc34)cc2)cc1. The number of para-hydroxylation sites is 4. The number of hydrogen-bond donors (Lipinski definition) is 0. The van der Waals surface area contributed by atoms with Crippen molar-refractivity contribution in [2.75, 3.05) is 9.80 Å².